The molecule has 1 aliphatic heterocycles. The maximum atomic E-state index is 14.0. The average Bonchev–Trinajstić information content (AvgIpc) is 3.07. The van der Waals surface area contributed by atoms with Crippen LogP contribution < -0.4 is 0 Å². The molecule has 2 unspecified atom stereocenters. The van der Waals surface area contributed by atoms with E-state index in [1.165, 1.54) is 12.3 Å². The number of furan rings is 1. The fourth-order valence-corrected chi connectivity index (χ4v) is 3.08. The molecule has 1 aromatic heterocycles. The minimum absolute atomic E-state index is 0.0282. The second kappa shape index (κ2) is 7.45. The number of rotatable bonds is 5. The van der Waals surface area contributed by atoms with Crippen molar-refractivity contribution in [3.05, 3.63) is 58.8 Å². The minimum atomic E-state index is -0.713. The third kappa shape index (κ3) is 3.93. The third-order valence-corrected chi connectivity index (χ3v) is 4.49. The van der Waals surface area contributed by atoms with Gasteiger partial charge >= 0.3 is 0 Å². The van der Waals surface area contributed by atoms with Crippen LogP contribution in [0.25, 0.3) is 0 Å². The van der Waals surface area contributed by atoms with Crippen molar-refractivity contribution in [2.45, 2.75) is 25.1 Å². The van der Waals surface area contributed by atoms with Crippen LogP contribution in [0.15, 0.2) is 41.0 Å². The maximum Gasteiger partial charge on any atom is 0.132 e. The number of hydrogen-bond acceptors (Lipinski definition) is 4. The number of hydrogen-bond donors (Lipinski definition) is 1. The highest BCUT2D eigenvalue weighted by atomic mass is 35.5. The molecule has 6 heteroatoms. The highest BCUT2D eigenvalue weighted by Crippen LogP contribution is 2.26. The lowest BCUT2D eigenvalue weighted by atomic mass is 10.0. The van der Waals surface area contributed by atoms with Crippen molar-refractivity contribution < 1.29 is 18.7 Å². The number of morpholine rings is 1. The summed E-state index contributed by atoms with van der Waals surface area (Å²) in [6.45, 7) is 2.13. The second-order valence-corrected chi connectivity index (χ2v) is 6.07. The standard InChI is InChI=1S/C17H19ClFNO3/c18-14-3-1-4-15(19)13(14)10-20-6-8-22-11-12(20)9-16(21)17-5-2-7-23-17/h1-5,7,12,16,21H,6,8-11H2. The molecular weight excluding hydrogens is 321 g/mol. The van der Waals surface area contributed by atoms with Gasteiger partial charge in [-0.3, -0.25) is 4.90 Å². The minimum Gasteiger partial charge on any atom is -0.467 e. The van der Waals surface area contributed by atoms with E-state index in [1.807, 2.05) is 0 Å². The van der Waals surface area contributed by atoms with Crippen LogP contribution in [-0.4, -0.2) is 35.8 Å². The van der Waals surface area contributed by atoms with Crippen molar-refractivity contribution in [1.82, 2.24) is 4.90 Å². The van der Waals surface area contributed by atoms with Gasteiger partial charge in [-0.05, 0) is 30.7 Å². The summed E-state index contributed by atoms with van der Waals surface area (Å²) in [5, 5.41) is 10.7. The van der Waals surface area contributed by atoms with E-state index in [9.17, 15) is 9.50 Å². The van der Waals surface area contributed by atoms with E-state index in [0.29, 0.717) is 49.1 Å². The zero-order valence-corrected chi connectivity index (χ0v) is 13.4. The van der Waals surface area contributed by atoms with E-state index in [-0.39, 0.29) is 11.9 Å². The lowest BCUT2D eigenvalue weighted by Gasteiger charge is -2.36. The molecule has 0 radical (unpaired) electrons. The molecule has 1 fully saturated rings. The molecule has 124 valence electrons. The predicted octanol–water partition coefficient (Wildman–Crippen LogP) is 3.40. The Bertz CT molecular complexity index is 615. The van der Waals surface area contributed by atoms with Gasteiger partial charge in [0, 0.05) is 29.7 Å². The Labute approximate surface area is 139 Å². The van der Waals surface area contributed by atoms with E-state index >= 15 is 0 Å². The van der Waals surface area contributed by atoms with Gasteiger partial charge in [0.25, 0.3) is 0 Å². The Morgan fingerprint density at radius 2 is 2.22 bits per heavy atom. The number of aliphatic hydroxyl groups excluding tert-OH is 1. The van der Waals surface area contributed by atoms with Gasteiger partial charge in [0.2, 0.25) is 0 Å². The fourth-order valence-electron chi connectivity index (χ4n) is 2.86. The van der Waals surface area contributed by atoms with Gasteiger partial charge in [0.15, 0.2) is 0 Å². The van der Waals surface area contributed by atoms with Crippen molar-refractivity contribution in [2.75, 3.05) is 19.8 Å². The van der Waals surface area contributed by atoms with Crippen LogP contribution in [0.2, 0.25) is 5.02 Å². The number of nitrogens with zero attached hydrogens (tertiary/aromatic N) is 1. The third-order valence-electron chi connectivity index (χ3n) is 4.14. The Morgan fingerprint density at radius 1 is 1.35 bits per heavy atom. The maximum absolute atomic E-state index is 14.0. The average molecular weight is 340 g/mol. The first-order valence-corrected chi connectivity index (χ1v) is 7.99. The smallest absolute Gasteiger partial charge is 0.132 e. The van der Waals surface area contributed by atoms with Crippen molar-refractivity contribution in [1.29, 1.82) is 0 Å². The second-order valence-electron chi connectivity index (χ2n) is 5.67. The first-order chi connectivity index (χ1) is 11.1. The summed E-state index contributed by atoms with van der Waals surface area (Å²) in [6.07, 6.45) is 1.28. The Kier molecular flexibility index (Phi) is 5.33. The molecular formula is C17H19ClFNO3. The number of benzene rings is 1. The normalized spacial score (nSPS) is 20.6. The molecule has 1 saturated heterocycles. The lowest BCUT2D eigenvalue weighted by Crippen LogP contribution is -2.45. The molecule has 2 atom stereocenters. The molecule has 2 heterocycles. The number of aliphatic hydroxyl groups is 1. The van der Waals surface area contributed by atoms with Gasteiger partial charge in [0.05, 0.1) is 19.5 Å². The number of ether oxygens (including phenoxy) is 1. The summed E-state index contributed by atoms with van der Waals surface area (Å²) >= 11 is 6.12. The molecule has 0 spiro atoms. The fraction of sp³-hybridized carbons (Fsp3) is 0.412. The van der Waals surface area contributed by atoms with E-state index in [4.69, 9.17) is 20.8 Å². The Morgan fingerprint density at radius 3 is 2.96 bits per heavy atom. The van der Waals surface area contributed by atoms with Gasteiger partial charge < -0.3 is 14.3 Å². The van der Waals surface area contributed by atoms with Crippen LogP contribution in [0.3, 0.4) is 0 Å². The monoisotopic (exact) mass is 339 g/mol. The zero-order valence-electron chi connectivity index (χ0n) is 12.6. The van der Waals surface area contributed by atoms with Gasteiger partial charge in [-0.1, -0.05) is 17.7 Å². The molecule has 23 heavy (non-hydrogen) atoms. The van der Waals surface area contributed by atoms with Crippen LogP contribution >= 0.6 is 11.6 Å². The highest BCUT2D eigenvalue weighted by Gasteiger charge is 2.28. The van der Waals surface area contributed by atoms with Gasteiger partial charge in [-0.2, -0.15) is 0 Å². The summed E-state index contributed by atoms with van der Waals surface area (Å²) < 4.78 is 24.8. The van der Waals surface area contributed by atoms with E-state index < -0.39 is 6.10 Å². The summed E-state index contributed by atoms with van der Waals surface area (Å²) in [5.74, 6) is 0.216. The molecule has 3 rings (SSSR count). The van der Waals surface area contributed by atoms with Crippen LogP contribution in [-0.2, 0) is 11.3 Å². The predicted molar refractivity (Wildman–Crippen MR) is 84.7 cm³/mol. The van der Waals surface area contributed by atoms with Crippen molar-refractivity contribution in [3.8, 4) is 0 Å². The lowest BCUT2D eigenvalue weighted by molar-refractivity contribution is -0.0326. The molecule has 0 amide bonds. The first-order valence-electron chi connectivity index (χ1n) is 7.61. The summed E-state index contributed by atoms with van der Waals surface area (Å²) in [6, 6.07) is 8.15. The first kappa shape index (κ1) is 16.5. The van der Waals surface area contributed by atoms with Crippen LogP contribution in [0, 0.1) is 5.82 Å². The van der Waals surface area contributed by atoms with Gasteiger partial charge in [0.1, 0.15) is 17.7 Å². The van der Waals surface area contributed by atoms with Gasteiger partial charge in [-0.15, -0.1) is 0 Å². The van der Waals surface area contributed by atoms with Gasteiger partial charge in [-0.25, -0.2) is 4.39 Å². The molecule has 1 N–H and O–H groups in total. The molecule has 1 aromatic carbocycles. The van der Waals surface area contributed by atoms with Crippen molar-refractivity contribution >= 4 is 11.6 Å². The zero-order chi connectivity index (χ0) is 16.2. The van der Waals surface area contributed by atoms with Crippen LogP contribution in [0.5, 0.6) is 0 Å². The number of halogens is 2. The largest absolute Gasteiger partial charge is 0.467 e. The molecule has 0 saturated carbocycles. The topological polar surface area (TPSA) is 45.8 Å². The van der Waals surface area contributed by atoms with E-state index in [2.05, 4.69) is 4.90 Å². The van der Waals surface area contributed by atoms with Crippen LogP contribution in [0.4, 0.5) is 4.39 Å². The Balaban J connectivity index is 1.71. The van der Waals surface area contributed by atoms with E-state index in [1.54, 1.807) is 24.3 Å². The quantitative estimate of drug-likeness (QED) is 0.907. The van der Waals surface area contributed by atoms with Crippen LogP contribution in [0.1, 0.15) is 23.8 Å². The highest BCUT2D eigenvalue weighted by molar-refractivity contribution is 6.31. The van der Waals surface area contributed by atoms with E-state index in [0.717, 1.165) is 0 Å². The summed E-state index contributed by atoms with van der Waals surface area (Å²) in [7, 11) is 0. The summed E-state index contributed by atoms with van der Waals surface area (Å²) in [5.41, 5.74) is 0.480. The Hall–Kier alpha value is -1.40. The van der Waals surface area contributed by atoms with Crippen molar-refractivity contribution in [3.63, 3.8) is 0 Å². The SMILES string of the molecule is OC(CC1COCCN1Cc1c(F)cccc1Cl)c1ccco1. The molecule has 2 aromatic rings. The molecule has 4 nitrogen and oxygen atoms in total. The van der Waals surface area contributed by atoms with Crippen molar-refractivity contribution in [2.24, 2.45) is 0 Å². The molecule has 1 aliphatic rings. The summed E-state index contributed by atoms with van der Waals surface area (Å²) in [4.78, 5) is 2.10. The molecule has 0 aliphatic carbocycles. The molecule has 0 bridgehead atoms.